The Hall–Kier alpha value is -1.20. The third-order valence-electron chi connectivity index (χ3n) is 2.32. The second kappa shape index (κ2) is 4.76. The predicted molar refractivity (Wildman–Crippen MR) is 66.6 cm³/mol. The number of nitrogens with one attached hydrogen (secondary N) is 1. The molecule has 1 N–H and O–H groups in total. The summed E-state index contributed by atoms with van der Waals surface area (Å²) in [5, 5.41) is 11.1. The molecule has 0 fully saturated rings. The summed E-state index contributed by atoms with van der Waals surface area (Å²) >= 11 is 3.56. The van der Waals surface area contributed by atoms with Gasteiger partial charge in [0.25, 0.3) is 0 Å². The quantitative estimate of drug-likeness (QED) is 0.936. The third-order valence-corrected chi connectivity index (χ3v) is 2.95. The molecule has 0 aliphatic carbocycles. The van der Waals surface area contributed by atoms with Gasteiger partial charge < -0.3 is 5.32 Å². The summed E-state index contributed by atoms with van der Waals surface area (Å²) in [6.45, 7) is 2.76. The number of halogens is 1. The molecule has 0 atom stereocenters. The maximum absolute atomic E-state index is 4.08. The van der Waals surface area contributed by atoms with Crippen LogP contribution in [-0.2, 0) is 6.54 Å². The van der Waals surface area contributed by atoms with Gasteiger partial charge in [0.2, 0.25) is 0 Å². The monoisotopic (exact) mass is 280 g/mol. The van der Waals surface area contributed by atoms with Crippen molar-refractivity contribution in [3.63, 3.8) is 0 Å². The predicted octanol–water partition coefficient (Wildman–Crippen LogP) is 2.06. The standard InChI is InChI=1S/C11H13BrN4/c1-8-3-4-10(9(12)5-8)16-7-14-15-11(16)6-13-2/h3-5,7,13H,6H2,1-2H3. The summed E-state index contributed by atoms with van der Waals surface area (Å²) < 4.78 is 3.02. The highest BCUT2D eigenvalue weighted by molar-refractivity contribution is 9.10. The molecule has 0 bridgehead atoms. The molecule has 16 heavy (non-hydrogen) atoms. The first kappa shape index (κ1) is 11.3. The summed E-state index contributed by atoms with van der Waals surface area (Å²) in [5.74, 6) is 0.895. The van der Waals surface area contributed by atoms with E-state index >= 15 is 0 Å². The highest BCUT2D eigenvalue weighted by Crippen LogP contribution is 2.22. The van der Waals surface area contributed by atoms with E-state index in [9.17, 15) is 0 Å². The number of nitrogens with zero attached hydrogens (tertiary/aromatic N) is 3. The van der Waals surface area contributed by atoms with Crippen molar-refractivity contribution < 1.29 is 0 Å². The summed E-state index contributed by atoms with van der Waals surface area (Å²) in [7, 11) is 1.89. The van der Waals surface area contributed by atoms with Crippen LogP contribution in [0.4, 0.5) is 0 Å². The first-order valence-electron chi connectivity index (χ1n) is 5.02. The lowest BCUT2D eigenvalue weighted by atomic mass is 10.2. The Morgan fingerprint density at radius 1 is 1.44 bits per heavy atom. The van der Waals surface area contributed by atoms with Crippen LogP contribution in [0.2, 0.25) is 0 Å². The molecule has 84 valence electrons. The average molecular weight is 281 g/mol. The van der Waals surface area contributed by atoms with Crippen molar-refractivity contribution in [3.8, 4) is 5.69 Å². The van der Waals surface area contributed by atoms with Gasteiger partial charge in [0.1, 0.15) is 6.33 Å². The normalized spacial score (nSPS) is 10.7. The molecular formula is C11H13BrN4. The molecular weight excluding hydrogens is 268 g/mol. The lowest BCUT2D eigenvalue weighted by Crippen LogP contribution is -2.11. The molecule has 2 rings (SSSR count). The average Bonchev–Trinajstić information content (AvgIpc) is 2.67. The van der Waals surface area contributed by atoms with E-state index in [4.69, 9.17) is 0 Å². The lowest BCUT2D eigenvalue weighted by Gasteiger charge is -2.08. The fourth-order valence-electron chi connectivity index (χ4n) is 1.55. The molecule has 1 heterocycles. The van der Waals surface area contributed by atoms with Crippen molar-refractivity contribution in [1.82, 2.24) is 20.1 Å². The molecule has 0 unspecified atom stereocenters. The summed E-state index contributed by atoms with van der Waals surface area (Å²) in [4.78, 5) is 0. The molecule has 0 saturated heterocycles. The number of aryl methyl sites for hydroxylation is 1. The molecule has 0 saturated carbocycles. The van der Waals surface area contributed by atoms with Crippen LogP contribution < -0.4 is 5.32 Å². The van der Waals surface area contributed by atoms with Gasteiger partial charge in [-0.25, -0.2) is 0 Å². The Bertz CT molecular complexity index is 492. The molecule has 2 aromatic rings. The van der Waals surface area contributed by atoms with Crippen molar-refractivity contribution >= 4 is 15.9 Å². The fraction of sp³-hybridized carbons (Fsp3) is 0.273. The van der Waals surface area contributed by atoms with Gasteiger partial charge >= 0.3 is 0 Å². The topological polar surface area (TPSA) is 42.7 Å². The Morgan fingerprint density at radius 3 is 2.94 bits per heavy atom. The minimum Gasteiger partial charge on any atom is -0.313 e. The number of hydrogen-bond donors (Lipinski definition) is 1. The lowest BCUT2D eigenvalue weighted by molar-refractivity contribution is 0.736. The van der Waals surface area contributed by atoms with E-state index in [1.807, 2.05) is 11.6 Å². The summed E-state index contributed by atoms with van der Waals surface area (Å²) in [6, 6.07) is 6.21. The number of rotatable bonds is 3. The van der Waals surface area contributed by atoms with Gasteiger partial charge in [-0.3, -0.25) is 4.57 Å². The molecule has 1 aromatic carbocycles. The number of benzene rings is 1. The molecule has 4 nitrogen and oxygen atoms in total. The van der Waals surface area contributed by atoms with Gasteiger partial charge in [-0.05, 0) is 47.6 Å². The Labute approximate surface area is 103 Å². The number of aromatic nitrogens is 3. The molecule has 0 radical (unpaired) electrons. The van der Waals surface area contributed by atoms with Crippen LogP contribution in [0.1, 0.15) is 11.4 Å². The largest absolute Gasteiger partial charge is 0.313 e. The zero-order valence-electron chi connectivity index (χ0n) is 9.24. The minimum absolute atomic E-state index is 0.695. The van der Waals surface area contributed by atoms with Gasteiger partial charge in [-0.2, -0.15) is 0 Å². The Morgan fingerprint density at radius 2 is 2.25 bits per heavy atom. The van der Waals surface area contributed by atoms with E-state index in [-0.39, 0.29) is 0 Å². The van der Waals surface area contributed by atoms with Crippen LogP contribution in [0.15, 0.2) is 29.0 Å². The van der Waals surface area contributed by atoms with Crippen molar-refractivity contribution in [3.05, 3.63) is 40.4 Å². The van der Waals surface area contributed by atoms with Gasteiger partial charge in [0.05, 0.1) is 12.2 Å². The smallest absolute Gasteiger partial charge is 0.151 e. The van der Waals surface area contributed by atoms with Crippen molar-refractivity contribution in [2.24, 2.45) is 0 Å². The molecule has 5 heteroatoms. The van der Waals surface area contributed by atoms with Gasteiger partial charge in [-0.1, -0.05) is 6.07 Å². The zero-order chi connectivity index (χ0) is 11.5. The van der Waals surface area contributed by atoms with Gasteiger partial charge in [0.15, 0.2) is 5.82 Å². The van der Waals surface area contributed by atoms with Crippen molar-refractivity contribution in [2.45, 2.75) is 13.5 Å². The van der Waals surface area contributed by atoms with E-state index in [1.54, 1.807) is 6.33 Å². The third kappa shape index (κ3) is 2.15. The molecule has 0 aliphatic heterocycles. The molecule has 0 aliphatic rings. The number of hydrogen-bond acceptors (Lipinski definition) is 3. The summed E-state index contributed by atoms with van der Waals surface area (Å²) in [6.07, 6.45) is 1.72. The fourth-order valence-corrected chi connectivity index (χ4v) is 2.23. The zero-order valence-corrected chi connectivity index (χ0v) is 10.8. The molecule has 0 amide bonds. The van der Waals surface area contributed by atoms with Crippen LogP contribution in [0.5, 0.6) is 0 Å². The second-order valence-electron chi connectivity index (χ2n) is 3.60. The van der Waals surface area contributed by atoms with E-state index in [1.165, 1.54) is 5.56 Å². The maximum Gasteiger partial charge on any atom is 0.151 e. The first-order valence-corrected chi connectivity index (χ1v) is 5.81. The van der Waals surface area contributed by atoms with Crippen molar-refractivity contribution in [1.29, 1.82) is 0 Å². The first-order chi connectivity index (χ1) is 7.72. The van der Waals surface area contributed by atoms with Gasteiger partial charge in [0, 0.05) is 4.47 Å². The molecule has 0 spiro atoms. The highest BCUT2D eigenvalue weighted by Gasteiger charge is 2.08. The van der Waals surface area contributed by atoms with Crippen LogP contribution in [0.3, 0.4) is 0 Å². The Kier molecular flexibility index (Phi) is 3.36. The second-order valence-corrected chi connectivity index (χ2v) is 4.46. The minimum atomic E-state index is 0.695. The molecule has 1 aromatic heterocycles. The van der Waals surface area contributed by atoms with Crippen LogP contribution in [-0.4, -0.2) is 21.8 Å². The maximum atomic E-state index is 4.08. The van der Waals surface area contributed by atoms with E-state index in [2.05, 4.69) is 56.6 Å². The van der Waals surface area contributed by atoms with E-state index in [0.717, 1.165) is 16.0 Å². The van der Waals surface area contributed by atoms with Crippen LogP contribution in [0.25, 0.3) is 5.69 Å². The summed E-state index contributed by atoms with van der Waals surface area (Å²) in [5.41, 5.74) is 2.28. The van der Waals surface area contributed by atoms with Crippen molar-refractivity contribution in [2.75, 3.05) is 7.05 Å². The van der Waals surface area contributed by atoms with E-state index < -0.39 is 0 Å². The highest BCUT2D eigenvalue weighted by atomic mass is 79.9. The van der Waals surface area contributed by atoms with Crippen LogP contribution >= 0.6 is 15.9 Å². The van der Waals surface area contributed by atoms with E-state index in [0.29, 0.717) is 6.54 Å². The SMILES string of the molecule is CNCc1nncn1-c1ccc(C)cc1Br. The van der Waals surface area contributed by atoms with Crippen LogP contribution in [0, 0.1) is 6.92 Å². The Balaban J connectivity index is 2.46. The van der Waals surface area contributed by atoms with Gasteiger partial charge in [-0.15, -0.1) is 10.2 Å².